The Morgan fingerprint density at radius 1 is 1.20 bits per heavy atom. The van der Waals surface area contributed by atoms with Crippen molar-refractivity contribution in [3.63, 3.8) is 0 Å². The average Bonchev–Trinajstić information content (AvgIpc) is 3.27. The van der Waals surface area contributed by atoms with Crippen LogP contribution in [0.25, 0.3) is 11.3 Å². The minimum Gasteiger partial charge on any atom is -0.496 e. The van der Waals surface area contributed by atoms with Gasteiger partial charge in [-0.25, -0.2) is 4.98 Å². The molecule has 1 saturated carbocycles. The van der Waals surface area contributed by atoms with Gasteiger partial charge in [-0.15, -0.1) is 11.8 Å². The zero-order valence-electron chi connectivity index (χ0n) is 15.1. The van der Waals surface area contributed by atoms with Gasteiger partial charge in [0.25, 0.3) is 0 Å². The molecule has 2 aromatic rings. The van der Waals surface area contributed by atoms with Crippen molar-refractivity contribution >= 4 is 28.2 Å². The Balaban J connectivity index is 1.95. The lowest BCUT2D eigenvalue weighted by Crippen LogP contribution is -1.98. The molecule has 4 nitrogen and oxygen atoms in total. The van der Waals surface area contributed by atoms with E-state index in [9.17, 15) is 0 Å². The lowest BCUT2D eigenvalue weighted by Gasteiger charge is -2.14. The molecular weight excluding hydrogens is 352 g/mol. The van der Waals surface area contributed by atoms with Gasteiger partial charge in [-0.05, 0) is 42.9 Å². The van der Waals surface area contributed by atoms with E-state index in [0.29, 0.717) is 5.13 Å². The van der Waals surface area contributed by atoms with E-state index in [1.807, 2.05) is 17.8 Å². The highest BCUT2D eigenvalue weighted by atomic mass is 32.2. The van der Waals surface area contributed by atoms with Gasteiger partial charge in [0.15, 0.2) is 5.13 Å². The van der Waals surface area contributed by atoms with E-state index in [-0.39, 0.29) is 0 Å². The van der Waals surface area contributed by atoms with Crippen LogP contribution in [-0.4, -0.2) is 25.0 Å². The Bertz CT molecular complexity index is 724. The molecule has 0 spiro atoms. The number of methoxy groups -OCH3 is 2. The van der Waals surface area contributed by atoms with Crippen molar-refractivity contribution in [2.45, 2.75) is 43.2 Å². The molecule has 25 heavy (non-hydrogen) atoms. The summed E-state index contributed by atoms with van der Waals surface area (Å²) in [6.45, 7) is 2.11. The van der Waals surface area contributed by atoms with Gasteiger partial charge in [0.2, 0.25) is 0 Å². The number of ether oxygens (including phenoxy) is 2. The van der Waals surface area contributed by atoms with E-state index in [4.69, 9.17) is 15.2 Å². The fraction of sp³-hybridized carbons (Fsp3) is 0.526. The number of nitrogens with zero attached hydrogens (tertiary/aromatic N) is 1. The molecule has 0 saturated heterocycles. The molecule has 136 valence electrons. The predicted octanol–water partition coefficient (Wildman–Crippen LogP) is 5.25. The molecule has 1 aliphatic rings. The third kappa shape index (κ3) is 4.06. The molecule has 1 aromatic carbocycles. The Morgan fingerprint density at radius 2 is 1.92 bits per heavy atom. The summed E-state index contributed by atoms with van der Waals surface area (Å²) >= 11 is 3.45. The highest BCUT2D eigenvalue weighted by Crippen LogP contribution is 2.44. The smallest absolute Gasteiger partial charge is 0.181 e. The van der Waals surface area contributed by atoms with Crippen LogP contribution in [0.3, 0.4) is 0 Å². The molecule has 1 aromatic heterocycles. The minimum atomic E-state index is 0.601. The van der Waals surface area contributed by atoms with Crippen LogP contribution in [0.1, 0.15) is 38.2 Å². The third-order valence-electron chi connectivity index (χ3n) is 4.78. The van der Waals surface area contributed by atoms with Crippen LogP contribution >= 0.6 is 23.1 Å². The third-order valence-corrected chi connectivity index (χ3v) is 7.15. The van der Waals surface area contributed by atoms with Gasteiger partial charge < -0.3 is 15.2 Å². The maximum Gasteiger partial charge on any atom is 0.181 e. The SMILES string of the molecule is CCc1cc(OC)c(-c2nc(N)sc2SCC2CCCC2)cc1OC. The second kappa shape index (κ2) is 8.32. The quantitative estimate of drug-likeness (QED) is 0.667. The highest BCUT2D eigenvalue weighted by molar-refractivity contribution is 8.01. The number of hydrogen-bond acceptors (Lipinski definition) is 6. The van der Waals surface area contributed by atoms with E-state index in [1.165, 1.54) is 29.9 Å². The number of nitrogen functional groups attached to an aromatic ring is 1. The first-order chi connectivity index (χ1) is 12.2. The molecule has 3 rings (SSSR count). The van der Waals surface area contributed by atoms with E-state index in [1.54, 1.807) is 25.6 Å². The molecule has 2 N–H and O–H groups in total. The fourth-order valence-electron chi connectivity index (χ4n) is 3.38. The highest BCUT2D eigenvalue weighted by Gasteiger charge is 2.21. The van der Waals surface area contributed by atoms with Crippen molar-refractivity contribution in [1.82, 2.24) is 4.98 Å². The first kappa shape index (κ1) is 18.4. The molecule has 6 heteroatoms. The number of aryl methyl sites for hydroxylation is 1. The van der Waals surface area contributed by atoms with Crippen molar-refractivity contribution in [1.29, 1.82) is 0 Å². The minimum absolute atomic E-state index is 0.601. The van der Waals surface area contributed by atoms with Gasteiger partial charge in [0.1, 0.15) is 17.2 Å². The lowest BCUT2D eigenvalue weighted by atomic mass is 10.0. The van der Waals surface area contributed by atoms with E-state index in [0.717, 1.165) is 46.4 Å². The molecular formula is C19H26N2O2S2. The van der Waals surface area contributed by atoms with Crippen LogP contribution in [0.15, 0.2) is 16.3 Å². The summed E-state index contributed by atoms with van der Waals surface area (Å²) in [6, 6.07) is 4.08. The van der Waals surface area contributed by atoms with Gasteiger partial charge in [0, 0.05) is 11.3 Å². The van der Waals surface area contributed by atoms with Gasteiger partial charge >= 0.3 is 0 Å². The predicted molar refractivity (Wildman–Crippen MR) is 107 cm³/mol. The Morgan fingerprint density at radius 3 is 2.56 bits per heavy atom. The number of aromatic nitrogens is 1. The van der Waals surface area contributed by atoms with Crippen molar-refractivity contribution in [2.75, 3.05) is 25.7 Å². The Hall–Kier alpha value is -1.40. The first-order valence-corrected chi connectivity index (χ1v) is 10.6. The summed E-state index contributed by atoms with van der Waals surface area (Å²) in [4.78, 5) is 4.61. The number of rotatable bonds is 7. The maximum atomic E-state index is 6.04. The van der Waals surface area contributed by atoms with Crippen LogP contribution in [0.2, 0.25) is 0 Å². The normalized spacial score (nSPS) is 14.8. The van der Waals surface area contributed by atoms with Crippen LogP contribution in [-0.2, 0) is 6.42 Å². The zero-order valence-corrected chi connectivity index (χ0v) is 16.8. The van der Waals surface area contributed by atoms with Gasteiger partial charge in [-0.1, -0.05) is 31.1 Å². The molecule has 1 heterocycles. The Kier molecular flexibility index (Phi) is 6.12. The van der Waals surface area contributed by atoms with Crippen molar-refractivity contribution in [3.8, 4) is 22.8 Å². The second-order valence-electron chi connectivity index (χ2n) is 6.37. The number of anilines is 1. The molecule has 0 bridgehead atoms. The second-order valence-corrected chi connectivity index (χ2v) is 8.69. The summed E-state index contributed by atoms with van der Waals surface area (Å²) in [5.74, 6) is 3.66. The van der Waals surface area contributed by atoms with Crippen molar-refractivity contribution < 1.29 is 9.47 Å². The summed E-state index contributed by atoms with van der Waals surface area (Å²) in [5, 5.41) is 0.601. The average molecular weight is 379 g/mol. The summed E-state index contributed by atoms with van der Waals surface area (Å²) in [7, 11) is 3.40. The van der Waals surface area contributed by atoms with E-state index >= 15 is 0 Å². The standard InChI is InChI=1S/C19H26N2O2S2/c1-4-13-9-16(23-3)14(10-15(13)22-2)17-18(25-19(20)21-17)24-11-12-7-5-6-8-12/h9-10,12H,4-8,11H2,1-3H3,(H2,20,21). The topological polar surface area (TPSA) is 57.4 Å². The van der Waals surface area contributed by atoms with Crippen LogP contribution in [0.5, 0.6) is 11.5 Å². The van der Waals surface area contributed by atoms with Crippen LogP contribution < -0.4 is 15.2 Å². The Labute approximate surface area is 158 Å². The van der Waals surface area contributed by atoms with Crippen LogP contribution in [0, 0.1) is 5.92 Å². The largest absolute Gasteiger partial charge is 0.496 e. The van der Waals surface area contributed by atoms with E-state index in [2.05, 4.69) is 18.0 Å². The van der Waals surface area contributed by atoms with Crippen LogP contribution in [0.4, 0.5) is 5.13 Å². The van der Waals surface area contributed by atoms with E-state index < -0.39 is 0 Å². The monoisotopic (exact) mass is 378 g/mol. The molecule has 0 unspecified atom stereocenters. The summed E-state index contributed by atoms with van der Waals surface area (Å²) < 4.78 is 12.4. The van der Waals surface area contributed by atoms with Crippen molar-refractivity contribution in [2.24, 2.45) is 5.92 Å². The van der Waals surface area contributed by atoms with Gasteiger partial charge in [-0.3, -0.25) is 0 Å². The molecule has 0 amide bonds. The number of thioether (sulfide) groups is 1. The number of benzene rings is 1. The fourth-order valence-corrected chi connectivity index (χ4v) is 5.67. The molecule has 0 aliphatic heterocycles. The van der Waals surface area contributed by atoms with Gasteiger partial charge in [-0.2, -0.15) is 0 Å². The lowest BCUT2D eigenvalue weighted by molar-refractivity contribution is 0.400. The van der Waals surface area contributed by atoms with Crippen molar-refractivity contribution in [3.05, 3.63) is 17.7 Å². The maximum absolute atomic E-state index is 6.04. The molecule has 1 aliphatic carbocycles. The number of nitrogens with two attached hydrogens (primary N) is 1. The summed E-state index contributed by atoms with van der Waals surface area (Å²) in [6.07, 6.45) is 6.32. The van der Waals surface area contributed by atoms with Gasteiger partial charge in [0.05, 0.1) is 18.4 Å². The first-order valence-electron chi connectivity index (χ1n) is 8.80. The number of thiazole rings is 1. The molecule has 0 radical (unpaired) electrons. The molecule has 0 atom stereocenters. The zero-order chi connectivity index (χ0) is 17.8. The summed E-state index contributed by atoms with van der Waals surface area (Å²) in [5.41, 5.74) is 9.05. The number of hydrogen-bond donors (Lipinski definition) is 1. The molecule has 1 fully saturated rings.